The van der Waals surface area contributed by atoms with E-state index in [2.05, 4.69) is 91.0 Å². The van der Waals surface area contributed by atoms with Gasteiger partial charge in [0.2, 0.25) is 0 Å². The Morgan fingerprint density at radius 1 is 0.575 bits per heavy atom. The lowest BCUT2D eigenvalue weighted by Gasteiger charge is -2.07. The smallest absolute Gasteiger partial charge is 0.303 e. The molecule has 0 spiro atoms. The van der Waals surface area contributed by atoms with E-state index >= 15 is 0 Å². The van der Waals surface area contributed by atoms with E-state index in [1.807, 2.05) is 0 Å². The van der Waals surface area contributed by atoms with Gasteiger partial charge in [0.1, 0.15) is 5.75 Å². The molecule has 0 bridgehead atoms. The molecule has 5 aromatic carbocycles. The van der Waals surface area contributed by atoms with E-state index in [1.165, 1.54) is 88.4 Å². The summed E-state index contributed by atoms with van der Waals surface area (Å²) in [5.41, 5.74) is 2.92. The summed E-state index contributed by atoms with van der Waals surface area (Å²) in [6.07, 6.45) is 12.1. The van der Waals surface area contributed by atoms with Gasteiger partial charge in [0.25, 0.3) is 0 Å². The fourth-order valence-corrected chi connectivity index (χ4v) is 5.66. The van der Waals surface area contributed by atoms with Crippen molar-refractivity contribution in [2.75, 3.05) is 6.61 Å². The molecule has 6 rings (SSSR count). The fraction of sp³-hybridized carbons (Fsp3) is 0.324. The van der Waals surface area contributed by atoms with Crippen LogP contribution in [0.3, 0.4) is 0 Å². The molecule has 0 aromatic heterocycles. The van der Waals surface area contributed by atoms with Gasteiger partial charge in [0, 0.05) is 6.42 Å². The highest BCUT2D eigenvalue weighted by Crippen LogP contribution is 2.51. The van der Waals surface area contributed by atoms with Crippen LogP contribution < -0.4 is 4.74 Å². The molecule has 1 aliphatic rings. The first-order valence-electron chi connectivity index (χ1n) is 15.0. The highest BCUT2D eigenvalue weighted by atomic mass is 16.5. The van der Waals surface area contributed by atoms with E-state index < -0.39 is 5.97 Å². The van der Waals surface area contributed by atoms with Crippen molar-refractivity contribution in [2.24, 2.45) is 0 Å². The molecule has 0 saturated heterocycles. The molecule has 40 heavy (non-hydrogen) atoms. The summed E-state index contributed by atoms with van der Waals surface area (Å²) >= 11 is 0. The Balaban J connectivity index is 0.000000189. The minimum Gasteiger partial charge on any atom is -0.494 e. The maximum atomic E-state index is 10.4. The summed E-state index contributed by atoms with van der Waals surface area (Å²) in [7, 11) is 0. The van der Waals surface area contributed by atoms with Crippen LogP contribution in [0.1, 0.15) is 70.6 Å². The average molecular weight is 533 g/mol. The Labute approximate surface area is 237 Å². The van der Waals surface area contributed by atoms with E-state index in [-0.39, 0.29) is 0 Å². The van der Waals surface area contributed by atoms with Gasteiger partial charge < -0.3 is 9.84 Å². The van der Waals surface area contributed by atoms with Gasteiger partial charge in [-0.25, -0.2) is 0 Å². The van der Waals surface area contributed by atoms with Crippen LogP contribution in [0, 0.1) is 0 Å². The summed E-state index contributed by atoms with van der Waals surface area (Å²) < 4.78 is 5.87. The molecule has 0 aliphatic heterocycles. The Morgan fingerprint density at radius 3 is 1.95 bits per heavy atom. The number of carboxylic acid groups (broad SMARTS) is 1. The van der Waals surface area contributed by atoms with Crippen molar-refractivity contribution in [3.63, 3.8) is 0 Å². The Hall–Kier alpha value is -3.85. The largest absolute Gasteiger partial charge is 0.494 e. The van der Waals surface area contributed by atoms with Gasteiger partial charge in [-0.1, -0.05) is 124 Å². The van der Waals surface area contributed by atoms with E-state index in [1.54, 1.807) is 0 Å². The third-order valence-electron chi connectivity index (χ3n) is 7.87. The highest BCUT2D eigenvalue weighted by molar-refractivity contribution is 6.29. The van der Waals surface area contributed by atoms with Crippen molar-refractivity contribution in [3.05, 3.63) is 91.0 Å². The second-order valence-corrected chi connectivity index (χ2v) is 10.9. The lowest BCUT2D eigenvalue weighted by atomic mass is 10.1. The van der Waals surface area contributed by atoms with E-state index in [9.17, 15) is 4.79 Å². The number of rotatable bonds is 14. The Morgan fingerprint density at radius 2 is 1.20 bits per heavy atom. The first-order valence-corrected chi connectivity index (χ1v) is 15.0. The third-order valence-corrected chi connectivity index (χ3v) is 7.87. The third kappa shape index (κ3) is 7.41. The van der Waals surface area contributed by atoms with Crippen molar-refractivity contribution in [3.8, 4) is 16.9 Å². The number of unbranched alkanes of at least 4 members (excludes halogenated alkanes) is 9. The zero-order valence-electron chi connectivity index (χ0n) is 23.4. The maximum absolute atomic E-state index is 10.4. The minimum atomic E-state index is -0.672. The molecular formula is C37H40O3. The van der Waals surface area contributed by atoms with Gasteiger partial charge in [-0.2, -0.15) is 0 Å². The van der Waals surface area contributed by atoms with E-state index in [0.717, 1.165) is 31.6 Å². The van der Waals surface area contributed by atoms with Crippen LogP contribution in [-0.2, 0) is 4.79 Å². The number of carbonyl (C=O) groups is 1. The molecule has 3 nitrogen and oxygen atoms in total. The zero-order valence-corrected chi connectivity index (χ0v) is 23.4. The fourth-order valence-electron chi connectivity index (χ4n) is 5.66. The number of hydrogen-bond donors (Lipinski definition) is 1. The van der Waals surface area contributed by atoms with Crippen molar-refractivity contribution >= 4 is 38.3 Å². The normalized spacial score (nSPS) is 11.4. The predicted octanol–water partition coefficient (Wildman–Crippen LogP) is 10.6. The predicted molar refractivity (Wildman–Crippen MR) is 168 cm³/mol. The van der Waals surface area contributed by atoms with Crippen molar-refractivity contribution in [1.82, 2.24) is 0 Å². The number of hydrogen-bond acceptors (Lipinski definition) is 2. The topological polar surface area (TPSA) is 46.5 Å². The van der Waals surface area contributed by atoms with Crippen LogP contribution in [0.2, 0.25) is 0 Å². The summed E-state index contributed by atoms with van der Waals surface area (Å²) in [6.45, 7) is 0.794. The van der Waals surface area contributed by atoms with E-state index in [4.69, 9.17) is 9.84 Å². The van der Waals surface area contributed by atoms with Crippen molar-refractivity contribution < 1.29 is 14.6 Å². The molecular weight excluding hydrogens is 492 g/mol. The molecule has 1 N–H and O–H groups in total. The molecule has 3 heteroatoms. The van der Waals surface area contributed by atoms with Gasteiger partial charge in [0.15, 0.2) is 0 Å². The summed E-state index contributed by atoms with van der Waals surface area (Å²) in [5.74, 6) is 0.293. The monoisotopic (exact) mass is 532 g/mol. The first-order chi connectivity index (χ1) is 19.7. The number of ether oxygens (including phenoxy) is 1. The van der Waals surface area contributed by atoms with Crippen LogP contribution in [-0.4, -0.2) is 17.7 Å². The van der Waals surface area contributed by atoms with Gasteiger partial charge in [0.05, 0.1) is 6.61 Å². The summed E-state index contributed by atoms with van der Waals surface area (Å²) in [5, 5.41) is 16.7. The van der Waals surface area contributed by atoms with Crippen molar-refractivity contribution in [2.45, 2.75) is 70.6 Å². The lowest BCUT2D eigenvalue weighted by Crippen LogP contribution is -1.97. The van der Waals surface area contributed by atoms with Crippen LogP contribution in [0.15, 0.2) is 91.0 Å². The van der Waals surface area contributed by atoms with E-state index in [0.29, 0.717) is 6.42 Å². The Bertz CT molecular complexity index is 1570. The molecule has 0 heterocycles. The summed E-state index contributed by atoms with van der Waals surface area (Å²) in [4.78, 5) is 10.4. The van der Waals surface area contributed by atoms with Crippen LogP contribution in [0.5, 0.6) is 5.75 Å². The van der Waals surface area contributed by atoms with Gasteiger partial charge >= 0.3 is 5.97 Å². The van der Waals surface area contributed by atoms with Gasteiger partial charge in [-0.15, -0.1) is 0 Å². The molecule has 0 atom stereocenters. The average Bonchev–Trinajstić information content (AvgIpc) is 3.72. The summed E-state index contributed by atoms with van der Waals surface area (Å²) in [6, 6.07) is 32.1. The zero-order chi connectivity index (χ0) is 27.6. The first kappa shape index (κ1) is 27.7. The molecule has 1 aliphatic carbocycles. The number of aliphatic carboxylic acids is 1. The lowest BCUT2D eigenvalue weighted by molar-refractivity contribution is -0.137. The molecule has 206 valence electrons. The van der Waals surface area contributed by atoms with Crippen LogP contribution in [0.4, 0.5) is 0 Å². The SMILES string of the molecule is O=C(O)CCCCCCCCCCCCOc1ccc2ccccc2c1.c1ccc2c3c4c-3cccc4cc2c1. The molecule has 0 radical (unpaired) electrons. The number of fused-ring (bicyclic) bond motifs is 4. The van der Waals surface area contributed by atoms with Crippen LogP contribution in [0.25, 0.3) is 43.4 Å². The second kappa shape index (κ2) is 14.0. The minimum absolute atomic E-state index is 0.321. The second-order valence-electron chi connectivity index (χ2n) is 10.9. The standard InChI is InChI=1S/C23H32O3.C14H8/c24-23(25)15-9-7-5-3-1-2-4-6-8-12-18-26-22-17-16-20-13-10-11-14-21(20)19-22;1-2-6-11-9(4-1)8-10-5-3-7-12-13(10)14(11)12/h10-11,13-14,16-17,19H,1-9,12,15,18H2,(H,24,25);1-8H. The quantitative estimate of drug-likeness (QED) is 0.112. The molecule has 0 fully saturated rings. The molecule has 0 saturated carbocycles. The van der Waals surface area contributed by atoms with Crippen molar-refractivity contribution in [1.29, 1.82) is 0 Å². The Kier molecular flexibility index (Phi) is 9.68. The molecule has 5 aromatic rings. The molecule has 0 amide bonds. The number of carboxylic acids is 1. The molecule has 0 unspecified atom stereocenters. The highest BCUT2D eigenvalue weighted by Gasteiger charge is 2.23. The van der Waals surface area contributed by atoms with Gasteiger partial charge in [-0.3, -0.25) is 4.79 Å². The number of benzene rings is 5. The maximum Gasteiger partial charge on any atom is 0.303 e. The van der Waals surface area contributed by atoms with Gasteiger partial charge in [-0.05, 0) is 74.5 Å². The van der Waals surface area contributed by atoms with Crippen LogP contribution >= 0.6 is 0 Å².